The summed E-state index contributed by atoms with van der Waals surface area (Å²) in [7, 11) is 6.01. The van der Waals surface area contributed by atoms with E-state index < -0.39 is 0 Å². The predicted molar refractivity (Wildman–Crippen MR) is 103 cm³/mol. The van der Waals surface area contributed by atoms with Crippen LogP contribution in [0.5, 0.6) is 0 Å². The highest BCUT2D eigenvalue weighted by Gasteiger charge is 2.45. The summed E-state index contributed by atoms with van der Waals surface area (Å²) in [6, 6.07) is 3.78. The minimum absolute atomic E-state index is 0.0645. The van der Waals surface area contributed by atoms with Gasteiger partial charge in [0.15, 0.2) is 5.82 Å². The number of amides is 1. The third-order valence-electron chi connectivity index (χ3n) is 5.64. The van der Waals surface area contributed by atoms with E-state index in [9.17, 15) is 4.79 Å². The van der Waals surface area contributed by atoms with Crippen LogP contribution in [0.25, 0.3) is 0 Å². The molecule has 3 rings (SSSR count). The maximum atomic E-state index is 13.1. The molecule has 1 aliphatic rings. The number of likely N-dealkylation sites (N-methyl/N-ethyl adjacent to an activating group) is 1. The average Bonchev–Trinajstić information content (AvgIpc) is 3.28. The Morgan fingerprint density at radius 1 is 1.37 bits per heavy atom. The summed E-state index contributed by atoms with van der Waals surface area (Å²) in [6.07, 6.45) is 4.78. The van der Waals surface area contributed by atoms with Crippen LogP contribution >= 0.6 is 0 Å². The second-order valence-corrected chi connectivity index (χ2v) is 8.17. The molecule has 0 aromatic carbocycles. The van der Waals surface area contributed by atoms with Crippen LogP contribution in [-0.2, 0) is 19.1 Å². The van der Waals surface area contributed by atoms with E-state index in [2.05, 4.69) is 48.4 Å². The van der Waals surface area contributed by atoms with Crippen molar-refractivity contribution in [3.05, 3.63) is 29.8 Å². The van der Waals surface area contributed by atoms with Crippen molar-refractivity contribution in [3.63, 3.8) is 0 Å². The smallest absolute Gasteiger partial charge is 0.270 e. The van der Waals surface area contributed by atoms with Crippen LogP contribution in [0.3, 0.4) is 0 Å². The van der Waals surface area contributed by atoms with Crippen LogP contribution in [0.4, 0.5) is 0 Å². The van der Waals surface area contributed by atoms with Gasteiger partial charge in [-0.05, 0) is 61.8 Å². The van der Waals surface area contributed by atoms with E-state index in [1.165, 1.54) is 0 Å². The molecule has 0 bridgehead atoms. The van der Waals surface area contributed by atoms with E-state index in [0.717, 1.165) is 38.2 Å². The minimum atomic E-state index is -0.375. The zero-order valence-corrected chi connectivity index (χ0v) is 17.1. The van der Waals surface area contributed by atoms with E-state index >= 15 is 0 Å². The SMILES string of the molecule is CC(C)CCn1nnnc1C1(N(C)C)CCCN(C(=O)c2cccn2C)C1. The molecule has 0 aliphatic carbocycles. The van der Waals surface area contributed by atoms with Crippen molar-refractivity contribution in [1.82, 2.24) is 34.6 Å². The van der Waals surface area contributed by atoms with E-state index in [-0.39, 0.29) is 11.4 Å². The standard InChI is InChI=1S/C19H31N7O/c1-15(2)9-13-26-18(20-21-22-26)19(23(3)4)10-7-12-25(14-19)17(27)16-8-6-11-24(16)5/h6,8,11,15H,7,9-10,12-14H2,1-5H3. The largest absolute Gasteiger partial charge is 0.347 e. The van der Waals surface area contributed by atoms with Crippen molar-refractivity contribution in [3.8, 4) is 0 Å². The van der Waals surface area contributed by atoms with Crippen molar-refractivity contribution >= 4 is 5.91 Å². The topological polar surface area (TPSA) is 72.1 Å². The van der Waals surface area contributed by atoms with E-state index in [0.29, 0.717) is 18.2 Å². The Kier molecular flexibility index (Phi) is 5.64. The summed E-state index contributed by atoms with van der Waals surface area (Å²) >= 11 is 0. The number of hydrogen-bond donors (Lipinski definition) is 0. The third kappa shape index (κ3) is 3.76. The van der Waals surface area contributed by atoms with Crippen molar-refractivity contribution in [1.29, 1.82) is 0 Å². The van der Waals surface area contributed by atoms with E-state index in [1.54, 1.807) is 0 Å². The Morgan fingerprint density at radius 2 is 2.15 bits per heavy atom. The Hall–Kier alpha value is -2.22. The molecular formula is C19H31N7O. The predicted octanol–water partition coefficient (Wildman–Crippen LogP) is 1.75. The summed E-state index contributed by atoms with van der Waals surface area (Å²) in [5.74, 6) is 1.51. The van der Waals surface area contributed by atoms with Crippen LogP contribution in [0, 0.1) is 5.92 Å². The molecule has 148 valence electrons. The molecule has 1 aliphatic heterocycles. The molecule has 3 heterocycles. The van der Waals surface area contributed by atoms with Gasteiger partial charge in [-0.15, -0.1) is 5.10 Å². The fraction of sp³-hybridized carbons (Fsp3) is 0.684. The van der Waals surface area contributed by atoms with Crippen molar-refractivity contribution in [2.24, 2.45) is 13.0 Å². The van der Waals surface area contributed by atoms with Gasteiger partial charge >= 0.3 is 0 Å². The molecule has 0 N–H and O–H groups in total. The summed E-state index contributed by atoms with van der Waals surface area (Å²) < 4.78 is 3.80. The highest BCUT2D eigenvalue weighted by atomic mass is 16.2. The number of carbonyl (C=O) groups excluding carboxylic acids is 1. The number of hydrogen-bond acceptors (Lipinski definition) is 5. The van der Waals surface area contributed by atoms with Gasteiger partial charge in [0.25, 0.3) is 5.91 Å². The first-order valence-corrected chi connectivity index (χ1v) is 9.70. The quantitative estimate of drug-likeness (QED) is 0.771. The summed E-state index contributed by atoms with van der Waals surface area (Å²) in [5, 5.41) is 12.6. The van der Waals surface area contributed by atoms with Crippen LogP contribution in [0.15, 0.2) is 18.3 Å². The van der Waals surface area contributed by atoms with Crippen molar-refractivity contribution in [2.75, 3.05) is 27.2 Å². The Morgan fingerprint density at radius 3 is 2.78 bits per heavy atom. The lowest BCUT2D eigenvalue weighted by Gasteiger charge is -2.45. The maximum Gasteiger partial charge on any atom is 0.270 e. The number of piperidine rings is 1. The number of nitrogens with zero attached hydrogens (tertiary/aromatic N) is 7. The lowest BCUT2D eigenvalue weighted by molar-refractivity contribution is 0.0251. The van der Waals surface area contributed by atoms with Gasteiger partial charge in [0.1, 0.15) is 11.2 Å². The second-order valence-electron chi connectivity index (χ2n) is 8.17. The van der Waals surface area contributed by atoms with Gasteiger partial charge in [0.2, 0.25) is 0 Å². The third-order valence-corrected chi connectivity index (χ3v) is 5.64. The molecule has 1 fully saturated rings. The zero-order chi connectivity index (χ0) is 19.6. The zero-order valence-electron chi connectivity index (χ0n) is 17.1. The van der Waals surface area contributed by atoms with Gasteiger partial charge in [0.05, 0.1) is 0 Å². The number of tetrazole rings is 1. The fourth-order valence-corrected chi connectivity index (χ4v) is 3.87. The first kappa shape index (κ1) is 19.5. The van der Waals surface area contributed by atoms with Gasteiger partial charge in [-0.2, -0.15) is 0 Å². The first-order valence-electron chi connectivity index (χ1n) is 9.70. The van der Waals surface area contributed by atoms with Gasteiger partial charge < -0.3 is 9.47 Å². The van der Waals surface area contributed by atoms with E-state index in [4.69, 9.17) is 0 Å². The normalized spacial score (nSPS) is 20.6. The monoisotopic (exact) mass is 373 g/mol. The van der Waals surface area contributed by atoms with Crippen LogP contribution < -0.4 is 0 Å². The molecule has 0 spiro atoms. The van der Waals surface area contributed by atoms with Gasteiger partial charge in [-0.25, -0.2) is 4.68 Å². The Bertz CT molecular complexity index is 779. The van der Waals surface area contributed by atoms with Gasteiger partial charge in [0, 0.05) is 32.9 Å². The summed E-state index contributed by atoms with van der Waals surface area (Å²) in [4.78, 5) is 17.2. The van der Waals surface area contributed by atoms with Crippen LogP contribution in [0.1, 0.15) is 49.4 Å². The molecule has 27 heavy (non-hydrogen) atoms. The van der Waals surface area contributed by atoms with Crippen molar-refractivity contribution < 1.29 is 4.79 Å². The molecule has 1 saturated heterocycles. The molecular weight excluding hydrogens is 342 g/mol. The molecule has 1 amide bonds. The number of likely N-dealkylation sites (tertiary alicyclic amines) is 1. The lowest BCUT2D eigenvalue weighted by atomic mass is 9.86. The molecule has 0 radical (unpaired) electrons. The Balaban J connectivity index is 1.90. The second kappa shape index (κ2) is 7.80. The van der Waals surface area contributed by atoms with Crippen LogP contribution in [-0.4, -0.2) is 67.7 Å². The number of carbonyl (C=O) groups is 1. The summed E-state index contributed by atoms with van der Waals surface area (Å²) in [6.45, 7) is 6.54. The first-order chi connectivity index (χ1) is 12.8. The number of rotatable bonds is 6. The summed E-state index contributed by atoms with van der Waals surface area (Å²) in [5.41, 5.74) is 0.337. The minimum Gasteiger partial charge on any atom is -0.347 e. The Labute approximate surface area is 161 Å². The molecule has 0 saturated carbocycles. The molecule has 1 unspecified atom stereocenters. The molecule has 2 aromatic rings. The highest BCUT2D eigenvalue weighted by molar-refractivity contribution is 5.92. The molecule has 8 heteroatoms. The molecule has 1 atom stereocenters. The van der Waals surface area contributed by atoms with Gasteiger partial charge in [-0.3, -0.25) is 9.69 Å². The maximum absolute atomic E-state index is 13.1. The highest BCUT2D eigenvalue weighted by Crippen LogP contribution is 2.35. The van der Waals surface area contributed by atoms with Crippen LogP contribution in [0.2, 0.25) is 0 Å². The van der Waals surface area contributed by atoms with Gasteiger partial charge in [-0.1, -0.05) is 13.8 Å². The molecule has 2 aromatic heterocycles. The average molecular weight is 374 g/mol. The van der Waals surface area contributed by atoms with Crippen molar-refractivity contribution in [2.45, 2.75) is 45.2 Å². The van der Waals surface area contributed by atoms with E-state index in [1.807, 2.05) is 39.5 Å². The fourth-order valence-electron chi connectivity index (χ4n) is 3.87. The lowest BCUT2D eigenvalue weighted by Crippen LogP contribution is -2.56. The molecule has 8 nitrogen and oxygen atoms in total. The number of aryl methyl sites for hydroxylation is 2. The number of aromatic nitrogens is 5.